The zero-order valence-corrected chi connectivity index (χ0v) is 20.5. The van der Waals surface area contributed by atoms with Crippen LogP contribution in [0, 0.1) is 20.8 Å². The van der Waals surface area contributed by atoms with Crippen LogP contribution in [0.1, 0.15) is 29.3 Å². The molecule has 3 aromatic heterocycles. The Balaban J connectivity index is 1.49. The van der Waals surface area contributed by atoms with Crippen LogP contribution in [-0.4, -0.2) is 53.7 Å². The standard InChI is InChI=1S/C27H29N3O5/c1-5-33-27(32)30-10-8-29(9-11-30)15-19-14-28-18(4)26-21(19)12-23(34-26)22-13-24(31)35-25-17(3)16(2)6-7-20(22)25/h6-7,12-14H,5,8-11,15H2,1-4H3. The van der Waals surface area contributed by atoms with E-state index >= 15 is 0 Å². The minimum Gasteiger partial charge on any atom is -0.454 e. The molecule has 0 unspecified atom stereocenters. The molecule has 0 aliphatic carbocycles. The molecule has 8 heteroatoms. The molecule has 1 aromatic carbocycles. The Morgan fingerprint density at radius 1 is 1.03 bits per heavy atom. The highest BCUT2D eigenvalue weighted by Gasteiger charge is 2.23. The third kappa shape index (κ3) is 4.30. The largest absolute Gasteiger partial charge is 0.454 e. The normalized spacial score (nSPS) is 14.7. The molecule has 5 rings (SSSR count). The number of piperazine rings is 1. The van der Waals surface area contributed by atoms with E-state index in [0.717, 1.165) is 46.2 Å². The number of carbonyl (C=O) groups excluding carboxylic acids is 1. The number of hydrogen-bond donors (Lipinski definition) is 0. The van der Waals surface area contributed by atoms with Crippen LogP contribution >= 0.6 is 0 Å². The Bertz CT molecular complexity index is 1480. The highest BCUT2D eigenvalue weighted by Crippen LogP contribution is 2.35. The van der Waals surface area contributed by atoms with Gasteiger partial charge in [-0.15, -0.1) is 0 Å². The van der Waals surface area contributed by atoms with Gasteiger partial charge in [-0.3, -0.25) is 9.88 Å². The van der Waals surface area contributed by atoms with Gasteiger partial charge in [-0.2, -0.15) is 0 Å². The van der Waals surface area contributed by atoms with Gasteiger partial charge < -0.3 is 18.5 Å². The van der Waals surface area contributed by atoms with Gasteiger partial charge in [0.25, 0.3) is 0 Å². The molecule has 0 spiro atoms. The second-order valence-corrected chi connectivity index (χ2v) is 9.05. The summed E-state index contributed by atoms with van der Waals surface area (Å²) in [5, 5.41) is 1.82. The van der Waals surface area contributed by atoms with Crippen LogP contribution in [0.25, 0.3) is 33.3 Å². The highest BCUT2D eigenvalue weighted by atomic mass is 16.6. The van der Waals surface area contributed by atoms with E-state index in [0.29, 0.717) is 48.7 Å². The number of amides is 1. The molecule has 1 aliphatic heterocycles. The van der Waals surface area contributed by atoms with Crippen LogP contribution in [0.15, 0.2) is 44.1 Å². The number of rotatable bonds is 4. The molecule has 4 heterocycles. The molecule has 1 amide bonds. The third-order valence-corrected chi connectivity index (χ3v) is 6.81. The topological polar surface area (TPSA) is 89.0 Å². The van der Waals surface area contributed by atoms with E-state index in [1.807, 2.05) is 52.1 Å². The minimum absolute atomic E-state index is 0.254. The fraction of sp³-hybridized carbons (Fsp3) is 0.370. The number of nitrogens with zero attached hydrogens (tertiary/aromatic N) is 3. The van der Waals surface area contributed by atoms with Crippen molar-refractivity contribution in [3.63, 3.8) is 0 Å². The van der Waals surface area contributed by atoms with Gasteiger partial charge in [0.05, 0.1) is 12.3 Å². The monoisotopic (exact) mass is 475 g/mol. The van der Waals surface area contributed by atoms with Gasteiger partial charge in [0, 0.05) is 61.3 Å². The molecule has 1 aliphatic rings. The summed E-state index contributed by atoms with van der Waals surface area (Å²) in [5.74, 6) is 0.616. The van der Waals surface area contributed by atoms with Crippen molar-refractivity contribution in [2.75, 3.05) is 32.8 Å². The van der Waals surface area contributed by atoms with E-state index in [2.05, 4.69) is 9.88 Å². The summed E-state index contributed by atoms with van der Waals surface area (Å²) in [5.41, 5.74) is 5.45. The average Bonchev–Trinajstić information content (AvgIpc) is 3.30. The van der Waals surface area contributed by atoms with E-state index in [9.17, 15) is 9.59 Å². The Hall–Kier alpha value is -3.65. The zero-order valence-electron chi connectivity index (χ0n) is 20.5. The third-order valence-electron chi connectivity index (χ3n) is 6.81. The first-order chi connectivity index (χ1) is 16.9. The summed E-state index contributed by atoms with van der Waals surface area (Å²) >= 11 is 0. The first kappa shape index (κ1) is 23.1. The number of aromatic nitrogens is 1. The lowest BCUT2D eigenvalue weighted by molar-refractivity contribution is 0.0779. The lowest BCUT2D eigenvalue weighted by Crippen LogP contribution is -2.48. The molecule has 0 atom stereocenters. The number of aryl methyl sites for hydroxylation is 3. The zero-order chi connectivity index (χ0) is 24.7. The molecule has 1 saturated heterocycles. The maximum Gasteiger partial charge on any atom is 0.409 e. The van der Waals surface area contributed by atoms with Gasteiger partial charge in [-0.1, -0.05) is 12.1 Å². The number of pyridine rings is 1. The maximum absolute atomic E-state index is 12.4. The van der Waals surface area contributed by atoms with Crippen LogP contribution in [0.2, 0.25) is 0 Å². The summed E-state index contributed by atoms with van der Waals surface area (Å²) in [6.07, 6.45) is 1.63. The Morgan fingerprint density at radius 2 is 1.80 bits per heavy atom. The van der Waals surface area contributed by atoms with E-state index in [1.165, 1.54) is 6.07 Å². The van der Waals surface area contributed by atoms with Gasteiger partial charge >= 0.3 is 11.7 Å². The van der Waals surface area contributed by atoms with Crippen molar-refractivity contribution in [3.8, 4) is 11.3 Å². The van der Waals surface area contributed by atoms with Gasteiger partial charge in [0.2, 0.25) is 0 Å². The lowest BCUT2D eigenvalue weighted by Gasteiger charge is -2.34. The quantitative estimate of drug-likeness (QED) is 0.392. The summed E-state index contributed by atoms with van der Waals surface area (Å²) in [6, 6.07) is 7.49. The number of benzene rings is 1. The van der Waals surface area contributed by atoms with E-state index in [-0.39, 0.29) is 6.09 Å². The number of carbonyl (C=O) groups is 1. The van der Waals surface area contributed by atoms with E-state index < -0.39 is 5.63 Å². The predicted molar refractivity (Wildman–Crippen MR) is 134 cm³/mol. The molecule has 0 N–H and O–H groups in total. The number of furan rings is 1. The van der Waals surface area contributed by atoms with Crippen LogP contribution in [0.3, 0.4) is 0 Å². The van der Waals surface area contributed by atoms with Crippen molar-refractivity contribution in [1.82, 2.24) is 14.8 Å². The van der Waals surface area contributed by atoms with Crippen molar-refractivity contribution < 1.29 is 18.4 Å². The van der Waals surface area contributed by atoms with Crippen molar-refractivity contribution in [2.45, 2.75) is 34.2 Å². The maximum atomic E-state index is 12.4. The summed E-state index contributed by atoms with van der Waals surface area (Å²) in [6.45, 7) is 11.5. The Labute approximate surface area is 203 Å². The van der Waals surface area contributed by atoms with Gasteiger partial charge in [-0.05, 0) is 50.5 Å². The molecule has 8 nitrogen and oxygen atoms in total. The molecule has 4 aromatic rings. The van der Waals surface area contributed by atoms with Gasteiger partial charge in [0.15, 0.2) is 5.58 Å². The molecule has 0 radical (unpaired) electrons. The second-order valence-electron chi connectivity index (χ2n) is 9.05. The number of ether oxygens (including phenoxy) is 1. The molecule has 0 saturated carbocycles. The Morgan fingerprint density at radius 3 is 2.54 bits per heavy atom. The molecule has 182 valence electrons. The first-order valence-corrected chi connectivity index (χ1v) is 11.9. The first-order valence-electron chi connectivity index (χ1n) is 11.9. The smallest absolute Gasteiger partial charge is 0.409 e. The predicted octanol–water partition coefficient (Wildman–Crippen LogP) is 4.80. The van der Waals surface area contributed by atoms with Crippen LogP contribution < -0.4 is 5.63 Å². The van der Waals surface area contributed by atoms with Crippen molar-refractivity contribution in [1.29, 1.82) is 0 Å². The molecular formula is C27H29N3O5. The van der Waals surface area contributed by atoms with E-state index in [1.54, 1.807) is 4.90 Å². The molecule has 0 bridgehead atoms. The van der Waals surface area contributed by atoms with Crippen molar-refractivity contribution >= 4 is 28.0 Å². The van der Waals surface area contributed by atoms with Crippen molar-refractivity contribution in [3.05, 3.63) is 63.3 Å². The van der Waals surface area contributed by atoms with Gasteiger partial charge in [-0.25, -0.2) is 9.59 Å². The number of hydrogen-bond acceptors (Lipinski definition) is 7. The minimum atomic E-state index is -0.406. The van der Waals surface area contributed by atoms with Gasteiger partial charge in [0.1, 0.15) is 11.3 Å². The molecule has 35 heavy (non-hydrogen) atoms. The fourth-order valence-corrected chi connectivity index (χ4v) is 4.67. The molecule has 1 fully saturated rings. The van der Waals surface area contributed by atoms with Crippen molar-refractivity contribution in [2.24, 2.45) is 0 Å². The SMILES string of the molecule is CCOC(=O)N1CCN(Cc2cnc(C)c3oc(-c4cc(=O)oc5c(C)c(C)ccc45)cc23)CC1. The van der Waals surface area contributed by atoms with Crippen LogP contribution in [0.4, 0.5) is 4.79 Å². The molecular weight excluding hydrogens is 446 g/mol. The summed E-state index contributed by atoms with van der Waals surface area (Å²) < 4.78 is 17.0. The second kappa shape index (κ2) is 9.19. The van der Waals surface area contributed by atoms with Crippen LogP contribution in [-0.2, 0) is 11.3 Å². The Kier molecular flexibility index (Phi) is 6.06. The lowest BCUT2D eigenvalue weighted by atomic mass is 10.0. The highest BCUT2D eigenvalue weighted by molar-refractivity contribution is 5.97. The fourth-order valence-electron chi connectivity index (χ4n) is 4.67. The average molecular weight is 476 g/mol. The number of fused-ring (bicyclic) bond motifs is 2. The summed E-state index contributed by atoms with van der Waals surface area (Å²) in [4.78, 5) is 33.0. The van der Waals surface area contributed by atoms with E-state index in [4.69, 9.17) is 13.6 Å². The summed E-state index contributed by atoms with van der Waals surface area (Å²) in [7, 11) is 0. The van der Waals surface area contributed by atoms with Crippen LogP contribution in [0.5, 0.6) is 0 Å².